The molecule has 19 heavy (non-hydrogen) atoms. The lowest BCUT2D eigenvalue weighted by molar-refractivity contribution is -0.0499. The van der Waals surface area contributed by atoms with Gasteiger partial charge in [0, 0.05) is 6.04 Å². The monoisotopic (exact) mass is 291 g/mol. The van der Waals surface area contributed by atoms with Gasteiger partial charge in [-0.3, -0.25) is 0 Å². The van der Waals surface area contributed by atoms with E-state index in [0.29, 0.717) is 6.42 Å². The van der Waals surface area contributed by atoms with Crippen molar-refractivity contribution in [2.24, 2.45) is 0 Å². The highest BCUT2D eigenvalue weighted by atomic mass is 32.2. The number of fused-ring (bicyclic) bond motifs is 1. The Morgan fingerprint density at radius 3 is 2.79 bits per heavy atom. The number of rotatable bonds is 4. The van der Waals surface area contributed by atoms with Gasteiger partial charge < -0.3 is 4.74 Å². The normalized spacial score (nSPS) is 19.3. The Morgan fingerprint density at radius 1 is 1.42 bits per heavy atom. The van der Waals surface area contributed by atoms with Crippen molar-refractivity contribution in [1.82, 2.24) is 4.72 Å². The van der Waals surface area contributed by atoms with Crippen molar-refractivity contribution >= 4 is 10.0 Å². The average molecular weight is 291 g/mol. The highest BCUT2D eigenvalue weighted by molar-refractivity contribution is 7.88. The molecule has 0 spiro atoms. The summed E-state index contributed by atoms with van der Waals surface area (Å²) < 4.78 is 53.8. The van der Waals surface area contributed by atoms with Crippen LogP contribution >= 0.6 is 0 Å². The van der Waals surface area contributed by atoms with Gasteiger partial charge in [-0.1, -0.05) is 6.07 Å². The van der Waals surface area contributed by atoms with Gasteiger partial charge in [-0.15, -0.1) is 0 Å². The van der Waals surface area contributed by atoms with E-state index in [4.69, 9.17) is 0 Å². The predicted molar refractivity (Wildman–Crippen MR) is 66.7 cm³/mol. The maximum absolute atomic E-state index is 12.1. The smallest absolute Gasteiger partial charge is 0.387 e. The van der Waals surface area contributed by atoms with Crippen LogP contribution in [0.4, 0.5) is 8.78 Å². The average Bonchev–Trinajstić information content (AvgIpc) is 2.26. The van der Waals surface area contributed by atoms with Crippen LogP contribution in [0.25, 0.3) is 0 Å². The van der Waals surface area contributed by atoms with Crippen molar-refractivity contribution in [3.05, 3.63) is 29.3 Å². The third-order valence-corrected chi connectivity index (χ3v) is 3.72. The minimum Gasteiger partial charge on any atom is -0.435 e. The summed E-state index contributed by atoms with van der Waals surface area (Å²) in [6.07, 6.45) is 3.35. The van der Waals surface area contributed by atoms with Crippen molar-refractivity contribution in [3.8, 4) is 5.75 Å². The summed E-state index contributed by atoms with van der Waals surface area (Å²) in [7, 11) is -3.30. The third-order valence-electron chi connectivity index (χ3n) is 3.01. The first-order valence-electron chi connectivity index (χ1n) is 5.90. The molecule has 1 aromatic carbocycles. The van der Waals surface area contributed by atoms with Crippen LogP contribution in [-0.2, 0) is 16.4 Å². The Bertz CT molecular complexity index is 560. The Morgan fingerprint density at radius 2 is 2.16 bits per heavy atom. The van der Waals surface area contributed by atoms with Gasteiger partial charge in [-0.05, 0) is 42.5 Å². The highest BCUT2D eigenvalue weighted by Crippen LogP contribution is 2.32. The Hall–Kier alpha value is -1.21. The molecule has 0 saturated carbocycles. The van der Waals surface area contributed by atoms with E-state index in [0.717, 1.165) is 30.2 Å². The first-order valence-corrected chi connectivity index (χ1v) is 7.79. The number of alkyl halides is 2. The van der Waals surface area contributed by atoms with Crippen LogP contribution in [0.2, 0.25) is 0 Å². The zero-order valence-corrected chi connectivity index (χ0v) is 11.2. The van der Waals surface area contributed by atoms with E-state index in [1.54, 1.807) is 12.1 Å². The minimum atomic E-state index is -3.30. The molecule has 4 nitrogen and oxygen atoms in total. The molecule has 0 aliphatic heterocycles. The van der Waals surface area contributed by atoms with E-state index in [1.165, 1.54) is 6.07 Å². The third kappa shape index (κ3) is 3.87. The first kappa shape index (κ1) is 14.2. The summed E-state index contributed by atoms with van der Waals surface area (Å²) in [5, 5.41) is 0. The number of hydrogen-bond donors (Lipinski definition) is 1. The number of hydrogen-bond acceptors (Lipinski definition) is 3. The number of sulfonamides is 1. The standard InChI is InChI=1S/C12H15F2NO3S/c1-19(16,17)15-11-4-2-3-8-7-9(18-12(13)14)5-6-10(8)11/h5-7,11-12,15H,2-4H2,1H3/t11-/m1/s1. The molecule has 1 aliphatic carbocycles. The van der Waals surface area contributed by atoms with Crippen LogP contribution in [0, 0.1) is 0 Å². The van der Waals surface area contributed by atoms with Crippen LogP contribution in [0.5, 0.6) is 5.75 Å². The molecule has 0 bridgehead atoms. The van der Waals surface area contributed by atoms with Crippen molar-refractivity contribution in [3.63, 3.8) is 0 Å². The van der Waals surface area contributed by atoms with Crippen LogP contribution in [0.3, 0.4) is 0 Å². The molecule has 1 aliphatic rings. The first-order chi connectivity index (χ1) is 8.85. The van der Waals surface area contributed by atoms with Crippen LogP contribution < -0.4 is 9.46 Å². The van der Waals surface area contributed by atoms with Crippen molar-refractivity contribution < 1.29 is 21.9 Å². The summed E-state index contributed by atoms with van der Waals surface area (Å²) in [6.45, 7) is -2.86. The highest BCUT2D eigenvalue weighted by Gasteiger charge is 2.23. The van der Waals surface area contributed by atoms with Gasteiger partial charge in [0.05, 0.1) is 6.26 Å². The molecule has 0 fully saturated rings. The Balaban J connectivity index is 2.25. The zero-order chi connectivity index (χ0) is 14.0. The molecule has 1 atom stereocenters. The molecule has 0 amide bonds. The van der Waals surface area contributed by atoms with Crippen molar-refractivity contribution in [1.29, 1.82) is 0 Å². The minimum absolute atomic E-state index is 0.105. The second-order valence-electron chi connectivity index (χ2n) is 4.57. The molecule has 0 aromatic heterocycles. The number of aryl methyl sites for hydroxylation is 1. The molecule has 0 heterocycles. The summed E-state index contributed by atoms with van der Waals surface area (Å²) in [4.78, 5) is 0. The van der Waals surface area contributed by atoms with Gasteiger partial charge in [-0.25, -0.2) is 13.1 Å². The van der Waals surface area contributed by atoms with Crippen LogP contribution in [-0.4, -0.2) is 21.3 Å². The number of halogens is 2. The van der Waals surface area contributed by atoms with Crippen LogP contribution in [0.15, 0.2) is 18.2 Å². The Labute approximate surface area is 110 Å². The lowest BCUT2D eigenvalue weighted by Crippen LogP contribution is -2.30. The fourth-order valence-electron chi connectivity index (χ4n) is 2.35. The van der Waals surface area contributed by atoms with Gasteiger partial charge >= 0.3 is 6.61 Å². The van der Waals surface area contributed by atoms with Gasteiger partial charge in [-0.2, -0.15) is 8.78 Å². The predicted octanol–water partition coefficient (Wildman–Crippen LogP) is 2.21. The molecule has 0 unspecified atom stereocenters. The van der Waals surface area contributed by atoms with Crippen molar-refractivity contribution in [2.45, 2.75) is 31.9 Å². The van der Waals surface area contributed by atoms with E-state index in [1.807, 2.05) is 0 Å². The molecule has 7 heteroatoms. The summed E-state index contributed by atoms with van der Waals surface area (Å²) in [5.41, 5.74) is 1.68. The largest absolute Gasteiger partial charge is 0.435 e. The molecular formula is C12H15F2NO3S. The fraction of sp³-hybridized carbons (Fsp3) is 0.500. The van der Waals surface area contributed by atoms with E-state index in [9.17, 15) is 17.2 Å². The van der Waals surface area contributed by atoms with E-state index in [2.05, 4.69) is 9.46 Å². The summed E-state index contributed by atoms with van der Waals surface area (Å²) in [5.74, 6) is 0.105. The second kappa shape index (κ2) is 5.42. The molecule has 1 N–H and O–H groups in total. The molecule has 0 radical (unpaired) electrons. The van der Waals surface area contributed by atoms with Gasteiger partial charge in [0.2, 0.25) is 10.0 Å². The van der Waals surface area contributed by atoms with Gasteiger partial charge in [0.1, 0.15) is 5.75 Å². The summed E-state index contributed by atoms with van der Waals surface area (Å²) >= 11 is 0. The zero-order valence-electron chi connectivity index (χ0n) is 10.4. The Kier molecular flexibility index (Phi) is 4.05. The fourth-order valence-corrected chi connectivity index (χ4v) is 3.11. The SMILES string of the molecule is CS(=O)(=O)N[C@@H]1CCCc2cc(OC(F)F)ccc21. The molecule has 2 rings (SSSR count). The number of nitrogens with one attached hydrogen (secondary N) is 1. The molecular weight excluding hydrogens is 276 g/mol. The maximum Gasteiger partial charge on any atom is 0.387 e. The summed E-state index contributed by atoms with van der Waals surface area (Å²) in [6, 6.07) is 4.35. The topological polar surface area (TPSA) is 55.4 Å². The molecule has 1 aromatic rings. The van der Waals surface area contributed by atoms with Crippen molar-refractivity contribution in [2.75, 3.05) is 6.26 Å². The van der Waals surface area contributed by atoms with Gasteiger partial charge in [0.15, 0.2) is 0 Å². The van der Waals surface area contributed by atoms with Gasteiger partial charge in [0.25, 0.3) is 0 Å². The van der Waals surface area contributed by atoms with E-state index < -0.39 is 16.6 Å². The maximum atomic E-state index is 12.1. The van der Waals surface area contributed by atoms with Crippen LogP contribution in [0.1, 0.15) is 30.0 Å². The van der Waals surface area contributed by atoms with E-state index >= 15 is 0 Å². The quantitative estimate of drug-likeness (QED) is 0.925. The lowest BCUT2D eigenvalue weighted by atomic mass is 9.88. The number of ether oxygens (including phenoxy) is 1. The number of benzene rings is 1. The lowest BCUT2D eigenvalue weighted by Gasteiger charge is -2.26. The second-order valence-corrected chi connectivity index (χ2v) is 6.35. The molecule has 0 saturated heterocycles. The van der Waals surface area contributed by atoms with E-state index in [-0.39, 0.29) is 11.8 Å². The molecule has 106 valence electrons.